The van der Waals surface area contributed by atoms with Gasteiger partial charge in [0.15, 0.2) is 0 Å². The summed E-state index contributed by atoms with van der Waals surface area (Å²) in [6, 6.07) is 7.34. The summed E-state index contributed by atoms with van der Waals surface area (Å²) in [5.41, 5.74) is 7.33. The average Bonchev–Trinajstić information content (AvgIpc) is 2.63. The molecule has 0 aliphatic carbocycles. The minimum Gasteiger partial charge on any atom is -0.330 e. The number of aromatic nitrogens is 2. The standard InChI is InChI=1S/C11H11Cl2N3/c12-9-1-3-10(4-2-9)16-11(13)8(5-6-14)7-15-16/h1-4,7H,5-6,14H2. The molecule has 0 unspecified atom stereocenters. The van der Waals surface area contributed by atoms with E-state index in [4.69, 9.17) is 28.9 Å². The fourth-order valence-electron chi connectivity index (χ4n) is 1.45. The van der Waals surface area contributed by atoms with Crippen LogP contribution in [0.2, 0.25) is 10.2 Å². The smallest absolute Gasteiger partial charge is 0.136 e. The third-order valence-electron chi connectivity index (χ3n) is 2.26. The molecule has 1 aromatic heterocycles. The molecule has 0 aliphatic heterocycles. The van der Waals surface area contributed by atoms with Gasteiger partial charge in [-0.3, -0.25) is 0 Å². The fraction of sp³-hybridized carbons (Fsp3) is 0.182. The maximum Gasteiger partial charge on any atom is 0.136 e. The SMILES string of the molecule is NCCc1cnn(-c2ccc(Cl)cc2)c1Cl. The predicted molar refractivity (Wildman–Crippen MR) is 66.3 cm³/mol. The van der Waals surface area contributed by atoms with Crippen LogP contribution < -0.4 is 5.73 Å². The van der Waals surface area contributed by atoms with E-state index in [9.17, 15) is 0 Å². The molecule has 2 N–H and O–H groups in total. The van der Waals surface area contributed by atoms with Crippen molar-refractivity contribution in [1.29, 1.82) is 0 Å². The van der Waals surface area contributed by atoms with E-state index >= 15 is 0 Å². The largest absolute Gasteiger partial charge is 0.330 e. The molecule has 2 rings (SSSR count). The van der Waals surface area contributed by atoms with Gasteiger partial charge in [0.2, 0.25) is 0 Å². The second-order valence-corrected chi connectivity index (χ2v) is 4.18. The maximum absolute atomic E-state index is 6.19. The predicted octanol–water partition coefficient (Wildman–Crippen LogP) is 2.68. The van der Waals surface area contributed by atoms with Gasteiger partial charge in [-0.05, 0) is 37.2 Å². The molecule has 0 saturated carbocycles. The van der Waals surface area contributed by atoms with Crippen molar-refractivity contribution in [1.82, 2.24) is 9.78 Å². The molecule has 84 valence electrons. The molecule has 16 heavy (non-hydrogen) atoms. The molecule has 1 heterocycles. The topological polar surface area (TPSA) is 43.8 Å². The Morgan fingerprint density at radius 1 is 1.19 bits per heavy atom. The van der Waals surface area contributed by atoms with Crippen LogP contribution in [0.1, 0.15) is 5.56 Å². The van der Waals surface area contributed by atoms with Crippen molar-refractivity contribution in [2.45, 2.75) is 6.42 Å². The van der Waals surface area contributed by atoms with Gasteiger partial charge in [-0.1, -0.05) is 23.2 Å². The van der Waals surface area contributed by atoms with Gasteiger partial charge in [-0.25, -0.2) is 4.68 Å². The molecule has 0 amide bonds. The van der Waals surface area contributed by atoms with Crippen LogP contribution in [0.3, 0.4) is 0 Å². The van der Waals surface area contributed by atoms with Crippen molar-refractivity contribution in [3.8, 4) is 5.69 Å². The molecular formula is C11H11Cl2N3. The summed E-state index contributed by atoms with van der Waals surface area (Å²) in [5, 5.41) is 5.51. The molecule has 3 nitrogen and oxygen atoms in total. The summed E-state index contributed by atoms with van der Waals surface area (Å²) in [5.74, 6) is 0. The van der Waals surface area contributed by atoms with E-state index in [1.807, 2.05) is 12.1 Å². The quantitative estimate of drug-likeness (QED) is 0.917. The fourth-order valence-corrected chi connectivity index (χ4v) is 1.86. The summed E-state index contributed by atoms with van der Waals surface area (Å²) < 4.78 is 1.67. The van der Waals surface area contributed by atoms with Crippen LogP contribution >= 0.6 is 23.2 Å². The Bertz CT molecular complexity index is 476. The molecule has 0 fully saturated rings. The summed E-state index contributed by atoms with van der Waals surface area (Å²) in [4.78, 5) is 0. The van der Waals surface area contributed by atoms with Gasteiger partial charge in [-0.15, -0.1) is 0 Å². The molecule has 0 bridgehead atoms. The number of hydrogen-bond acceptors (Lipinski definition) is 2. The Kier molecular flexibility index (Phi) is 3.49. The number of nitrogens with two attached hydrogens (primary N) is 1. The van der Waals surface area contributed by atoms with Gasteiger partial charge < -0.3 is 5.73 Å². The lowest BCUT2D eigenvalue weighted by Gasteiger charge is -2.03. The van der Waals surface area contributed by atoms with Gasteiger partial charge in [0, 0.05) is 10.6 Å². The molecule has 0 saturated heterocycles. The lowest BCUT2D eigenvalue weighted by atomic mass is 10.2. The molecule has 0 spiro atoms. The Hall–Kier alpha value is -1.03. The van der Waals surface area contributed by atoms with Gasteiger partial charge in [0.05, 0.1) is 11.9 Å². The molecular weight excluding hydrogens is 245 g/mol. The van der Waals surface area contributed by atoms with E-state index in [-0.39, 0.29) is 0 Å². The number of nitrogens with zero attached hydrogens (tertiary/aromatic N) is 2. The van der Waals surface area contributed by atoms with E-state index in [0.29, 0.717) is 16.7 Å². The lowest BCUT2D eigenvalue weighted by molar-refractivity contribution is 0.880. The van der Waals surface area contributed by atoms with Crippen molar-refractivity contribution in [3.05, 3.63) is 46.2 Å². The highest BCUT2D eigenvalue weighted by atomic mass is 35.5. The highest BCUT2D eigenvalue weighted by Crippen LogP contribution is 2.21. The zero-order valence-electron chi connectivity index (χ0n) is 8.53. The number of hydrogen-bond donors (Lipinski definition) is 1. The summed E-state index contributed by atoms with van der Waals surface area (Å²) >= 11 is 12.0. The maximum atomic E-state index is 6.19. The first kappa shape index (κ1) is 11.5. The molecule has 2 aromatic rings. The number of rotatable bonds is 3. The van der Waals surface area contributed by atoms with Crippen molar-refractivity contribution in [2.75, 3.05) is 6.54 Å². The molecule has 0 atom stereocenters. The minimum absolute atomic E-state index is 0.562. The second-order valence-electron chi connectivity index (χ2n) is 3.39. The zero-order chi connectivity index (χ0) is 11.5. The van der Waals surface area contributed by atoms with E-state index in [0.717, 1.165) is 17.7 Å². The second kappa shape index (κ2) is 4.87. The van der Waals surface area contributed by atoms with E-state index < -0.39 is 0 Å². The molecule has 5 heteroatoms. The Labute approximate surface area is 104 Å². The molecule has 1 aromatic carbocycles. The van der Waals surface area contributed by atoms with E-state index in [1.54, 1.807) is 23.0 Å². The molecule has 0 radical (unpaired) electrons. The van der Waals surface area contributed by atoms with Gasteiger partial charge >= 0.3 is 0 Å². The first-order valence-electron chi connectivity index (χ1n) is 4.91. The van der Waals surface area contributed by atoms with Crippen LogP contribution in [-0.2, 0) is 6.42 Å². The third kappa shape index (κ3) is 2.21. The monoisotopic (exact) mass is 255 g/mol. The van der Waals surface area contributed by atoms with Crippen molar-refractivity contribution < 1.29 is 0 Å². The normalized spacial score (nSPS) is 10.7. The van der Waals surface area contributed by atoms with Gasteiger partial charge in [0.25, 0.3) is 0 Å². The summed E-state index contributed by atoms with van der Waals surface area (Å²) in [6.07, 6.45) is 2.47. The van der Waals surface area contributed by atoms with E-state index in [2.05, 4.69) is 5.10 Å². The first-order chi connectivity index (χ1) is 7.72. The highest BCUT2D eigenvalue weighted by Gasteiger charge is 2.08. The minimum atomic E-state index is 0.562. The van der Waals surface area contributed by atoms with Crippen LogP contribution in [0.15, 0.2) is 30.5 Å². The average molecular weight is 256 g/mol. The Morgan fingerprint density at radius 3 is 2.50 bits per heavy atom. The van der Waals surface area contributed by atoms with Crippen LogP contribution in [0.25, 0.3) is 5.69 Å². The van der Waals surface area contributed by atoms with Crippen molar-refractivity contribution >= 4 is 23.2 Å². The Balaban J connectivity index is 2.37. The summed E-state index contributed by atoms with van der Waals surface area (Å²) in [6.45, 7) is 0.562. The lowest BCUT2D eigenvalue weighted by Crippen LogP contribution is -2.02. The zero-order valence-corrected chi connectivity index (χ0v) is 10.0. The van der Waals surface area contributed by atoms with Crippen molar-refractivity contribution in [3.63, 3.8) is 0 Å². The van der Waals surface area contributed by atoms with Gasteiger partial charge in [0.1, 0.15) is 5.15 Å². The highest BCUT2D eigenvalue weighted by molar-refractivity contribution is 6.31. The van der Waals surface area contributed by atoms with Gasteiger partial charge in [-0.2, -0.15) is 5.10 Å². The third-order valence-corrected chi connectivity index (χ3v) is 2.92. The van der Waals surface area contributed by atoms with Crippen LogP contribution in [-0.4, -0.2) is 16.3 Å². The number of benzene rings is 1. The van der Waals surface area contributed by atoms with Crippen LogP contribution in [0.4, 0.5) is 0 Å². The molecule has 0 aliphatic rings. The van der Waals surface area contributed by atoms with Crippen LogP contribution in [0.5, 0.6) is 0 Å². The Morgan fingerprint density at radius 2 is 1.88 bits per heavy atom. The first-order valence-corrected chi connectivity index (χ1v) is 5.66. The number of halogens is 2. The van der Waals surface area contributed by atoms with E-state index in [1.165, 1.54) is 0 Å². The van der Waals surface area contributed by atoms with Crippen molar-refractivity contribution in [2.24, 2.45) is 5.73 Å². The van der Waals surface area contributed by atoms with Crippen LogP contribution in [0, 0.1) is 0 Å². The summed E-state index contributed by atoms with van der Waals surface area (Å²) in [7, 11) is 0.